The predicted octanol–water partition coefficient (Wildman–Crippen LogP) is 4.12. The van der Waals surface area contributed by atoms with E-state index < -0.39 is 23.5 Å². The fraction of sp³-hybridized carbons (Fsp3) is 0.500. The first-order valence-electron chi connectivity index (χ1n) is 10.5. The Balaban J connectivity index is 2.17. The molecule has 0 aromatic heterocycles. The van der Waals surface area contributed by atoms with Gasteiger partial charge in [0, 0.05) is 11.4 Å². The van der Waals surface area contributed by atoms with Gasteiger partial charge in [-0.05, 0) is 57.7 Å². The lowest BCUT2D eigenvalue weighted by Crippen LogP contribution is -2.36. The molecule has 0 spiro atoms. The van der Waals surface area contributed by atoms with Gasteiger partial charge in [-0.1, -0.05) is 18.2 Å². The summed E-state index contributed by atoms with van der Waals surface area (Å²) in [7, 11) is 0. The standard InChI is InChI=1S/C24H30ClNO5/c1-6-30-22(27)21-18(12-25)26-14(2)19(23(28)31-24(3,4)5)20(21)16-7-8-17-13-29-10-9-15(17)11-16/h7-8,11,20,26H,6,9-10,12-13H2,1-5H3. The topological polar surface area (TPSA) is 73.9 Å². The summed E-state index contributed by atoms with van der Waals surface area (Å²) >= 11 is 6.20. The average Bonchev–Trinajstić information content (AvgIpc) is 2.71. The van der Waals surface area contributed by atoms with Crippen LogP contribution in [-0.2, 0) is 36.8 Å². The van der Waals surface area contributed by atoms with Crippen LogP contribution in [-0.4, -0.2) is 36.6 Å². The number of carbonyl (C=O) groups is 2. The minimum atomic E-state index is -0.678. The van der Waals surface area contributed by atoms with Gasteiger partial charge in [-0.3, -0.25) is 0 Å². The number of hydrogen-bond acceptors (Lipinski definition) is 6. The van der Waals surface area contributed by atoms with Crippen molar-refractivity contribution in [3.8, 4) is 0 Å². The van der Waals surface area contributed by atoms with Gasteiger partial charge in [0.1, 0.15) is 5.60 Å². The number of hydrogen-bond donors (Lipinski definition) is 1. The maximum Gasteiger partial charge on any atom is 0.337 e. The van der Waals surface area contributed by atoms with E-state index in [0.717, 1.165) is 23.1 Å². The van der Waals surface area contributed by atoms with Crippen LogP contribution in [0.15, 0.2) is 40.7 Å². The molecule has 1 atom stereocenters. The minimum absolute atomic E-state index is 0.0857. The first-order chi connectivity index (χ1) is 14.7. The molecule has 1 unspecified atom stereocenters. The van der Waals surface area contributed by atoms with E-state index in [9.17, 15) is 9.59 Å². The summed E-state index contributed by atoms with van der Waals surface area (Å²) in [6.07, 6.45) is 0.777. The number of rotatable bonds is 5. The van der Waals surface area contributed by atoms with Crippen LogP contribution in [0, 0.1) is 0 Å². The van der Waals surface area contributed by atoms with Crippen LogP contribution >= 0.6 is 11.6 Å². The van der Waals surface area contributed by atoms with Gasteiger partial charge in [-0.2, -0.15) is 0 Å². The second-order valence-corrected chi connectivity index (χ2v) is 8.94. The molecule has 168 valence electrons. The number of carbonyl (C=O) groups excluding carboxylic acids is 2. The average molecular weight is 448 g/mol. The number of ether oxygens (including phenoxy) is 3. The molecule has 2 aliphatic rings. The van der Waals surface area contributed by atoms with Gasteiger partial charge < -0.3 is 19.5 Å². The van der Waals surface area contributed by atoms with Crippen LogP contribution in [0.4, 0.5) is 0 Å². The van der Waals surface area contributed by atoms with Crippen molar-refractivity contribution in [2.75, 3.05) is 19.1 Å². The number of allylic oxidation sites excluding steroid dienone is 2. The van der Waals surface area contributed by atoms with E-state index in [1.807, 2.05) is 32.9 Å². The van der Waals surface area contributed by atoms with Crippen LogP contribution in [0.2, 0.25) is 0 Å². The number of halogens is 1. The molecule has 0 bridgehead atoms. The monoisotopic (exact) mass is 447 g/mol. The van der Waals surface area contributed by atoms with Gasteiger partial charge in [0.15, 0.2) is 0 Å². The van der Waals surface area contributed by atoms with Crippen molar-refractivity contribution in [1.82, 2.24) is 5.32 Å². The lowest BCUT2D eigenvalue weighted by Gasteiger charge is -2.33. The number of esters is 2. The Kier molecular flexibility index (Phi) is 7.12. The number of alkyl halides is 1. The zero-order valence-electron chi connectivity index (χ0n) is 18.8. The third-order valence-corrected chi connectivity index (χ3v) is 5.50. The number of benzene rings is 1. The maximum absolute atomic E-state index is 13.3. The number of fused-ring (bicyclic) bond motifs is 1. The fourth-order valence-electron chi connectivity index (χ4n) is 3.95. The Morgan fingerprint density at radius 1 is 1.19 bits per heavy atom. The van der Waals surface area contributed by atoms with Gasteiger partial charge in [-0.15, -0.1) is 11.6 Å². The Morgan fingerprint density at radius 3 is 2.58 bits per heavy atom. The van der Waals surface area contributed by atoms with E-state index in [1.54, 1.807) is 13.8 Å². The van der Waals surface area contributed by atoms with Crippen LogP contribution in [0.25, 0.3) is 0 Å². The highest BCUT2D eigenvalue weighted by Crippen LogP contribution is 2.41. The quantitative estimate of drug-likeness (QED) is 0.540. The minimum Gasteiger partial charge on any atom is -0.463 e. The summed E-state index contributed by atoms with van der Waals surface area (Å²) in [5.74, 6) is -1.52. The first-order valence-corrected chi connectivity index (χ1v) is 11.1. The molecule has 1 aromatic carbocycles. The highest BCUT2D eigenvalue weighted by molar-refractivity contribution is 6.20. The highest BCUT2D eigenvalue weighted by Gasteiger charge is 2.40. The third-order valence-electron chi connectivity index (χ3n) is 5.23. The molecule has 0 aliphatic carbocycles. The van der Waals surface area contributed by atoms with Crippen LogP contribution in [0.5, 0.6) is 0 Å². The van der Waals surface area contributed by atoms with Crippen molar-refractivity contribution >= 4 is 23.5 Å². The van der Waals surface area contributed by atoms with Gasteiger partial charge in [0.05, 0.1) is 42.8 Å². The van der Waals surface area contributed by atoms with Crippen molar-refractivity contribution in [3.63, 3.8) is 0 Å². The maximum atomic E-state index is 13.3. The molecule has 0 radical (unpaired) electrons. The Bertz CT molecular complexity index is 942. The molecule has 0 saturated carbocycles. The molecule has 3 rings (SSSR count). The first kappa shape index (κ1) is 23.4. The summed E-state index contributed by atoms with van der Waals surface area (Å²) in [6.45, 7) is 10.4. The normalized spacial score (nSPS) is 19.0. The second-order valence-electron chi connectivity index (χ2n) is 8.68. The van der Waals surface area contributed by atoms with Crippen molar-refractivity contribution in [2.24, 2.45) is 0 Å². The molecule has 31 heavy (non-hydrogen) atoms. The SMILES string of the molecule is CCOC(=O)C1=C(CCl)NC(C)=C(C(=O)OC(C)(C)C)C1c1ccc2c(c1)CCOC2. The van der Waals surface area contributed by atoms with E-state index in [4.69, 9.17) is 25.8 Å². The molecule has 2 heterocycles. The zero-order chi connectivity index (χ0) is 22.8. The van der Waals surface area contributed by atoms with Crippen LogP contribution < -0.4 is 5.32 Å². The number of dihydropyridines is 1. The largest absolute Gasteiger partial charge is 0.463 e. The molecular weight excluding hydrogens is 418 g/mol. The van der Waals surface area contributed by atoms with E-state index in [0.29, 0.717) is 35.8 Å². The molecule has 0 amide bonds. The van der Waals surface area contributed by atoms with Crippen LogP contribution in [0.1, 0.15) is 57.2 Å². The molecular formula is C24H30ClNO5. The summed E-state index contributed by atoms with van der Waals surface area (Å²) in [5, 5.41) is 3.14. The van der Waals surface area contributed by atoms with Crippen molar-refractivity contribution in [1.29, 1.82) is 0 Å². The molecule has 7 heteroatoms. The fourth-order valence-corrected chi connectivity index (χ4v) is 4.16. The highest BCUT2D eigenvalue weighted by atomic mass is 35.5. The zero-order valence-corrected chi connectivity index (χ0v) is 19.5. The van der Waals surface area contributed by atoms with Crippen molar-refractivity contribution < 1.29 is 23.8 Å². The predicted molar refractivity (Wildman–Crippen MR) is 119 cm³/mol. The van der Waals surface area contributed by atoms with Gasteiger partial charge >= 0.3 is 11.9 Å². The van der Waals surface area contributed by atoms with Gasteiger partial charge in [-0.25, -0.2) is 9.59 Å². The third kappa shape index (κ3) is 5.13. The molecule has 0 fully saturated rings. The Hall–Kier alpha value is -2.31. The summed E-state index contributed by atoms with van der Waals surface area (Å²) < 4.78 is 16.6. The molecule has 0 saturated heterocycles. The second kappa shape index (κ2) is 9.45. The number of nitrogens with one attached hydrogen (secondary N) is 1. The van der Waals surface area contributed by atoms with E-state index >= 15 is 0 Å². The lowest BCUT2D eigenvalue weighted by atomic mass is 9.79. The van der Waals surface area contributed by atoms with Gasteiger partial charge in [0.25, 0.3) is 0 Å². The lowest BCUT2D eigenvalue weighted by molar-refractivity contribution is -0.150. The van der Waals surface area contributed by atoms with E-state index in [2.05, 4.69) is 11.4 Å². The van der Waals surface area contributed by atoms with Crippen molar-refractivity contribution in [2.45, 2.75) is 59.2 Å². The smallest absolute Gasteiger partial charge is 0.337 e. The molecule has 1 aromatic rings. The molecule has 6 nitrogen and oxygen atoms in total. The van der Waals surface area contributed by atoms with Crippen molar-refractivity contribution in [3.05, 3.63) is 57.4 Å². The summed E-state index contributed by atoms with van der Waals surface area (Å²) in [6, 6.07) is 5.99. The van der Waals surface area contributed by atoms with E-state index in [1.165, 1.54) is 0 Å². The molecule has 1 N–H and O–H groups in total. The summed E-state index contributed by atoms with van der Waals surface area (Å²) in [5.41, 5.74) is 4.30. The Morgan fingerprint density at radius 2 is 1.94 bits per heavy atom. The Labute approximate surface area is 188 Å². The molecule has 2 aliphatic heterocycles. The van der Waals surface area contributed by atoms with Gasteiger partial charge in [0.2, 0.25) is 0 Å². The summed E-state index contributed by atoms with van der Waals surface area (Å²) in [4.78, 5) is 26.3. The van der Waals surface area contributed by atoms with Crippen LogP contribution in [0.3, 0.4) is 0 Å². The van der Waals surface area contributed by atoms with E-state index in [-0.39, 0.29) is 12.5 Å².